The first-order chi connectivity index (χ1) is 13.1. The summed E-state index contributed by atoms with van der Waals surface area (Å²) in [6.45, 7) is 4.40. The number of hydrogen-bond acceptors (Lipinski definition) is 3. The van der Waals surface area contributed by atoms with Gasteiger partial charge in [-0.15, -0.1) is 0 Å². The number of benzene rings is 1. The number of rotatable bonds is 9. The van der Waals surface area contributed by atoms with Crippen molar-refractivity contribution in [3.8, 4) is 5.75 Å². The van der Waals surface area contributed by atoms with Gasteiger partial charge in [-0.05, 0) is 49.4 Å². The minimum absolute atomic E-state index is 0.0515. The molecule has 2 rings (SSSR count). The second-order valence-electron chi connectivity index (χ2n) is 6.42. The molecule has 0 atom stereocenters. The van der Waals surface area contributed by atoms with E-state index in [2.05, 4.69) is 33.8 Å². The molecule has 0 bridgehead atoms. The fraction of sp³-hybridized carbons (Fsp3) is 0.429. The summed E-state index contributed by atoms with van der Waals surface area (Å²) in [4.78, 5) is 15.9. The highest BCUT2D eigenvalue weighted by atomic mass is 16.5. The van der Waals surface area contributed by atoms with Crippen molar-refractivity contribution >= 4 is 5.96 Å². The van der Waals surface area contributed by atoms with Crippen LogP contribution in [0.15, 0.2) is 52.4 Å². The molecule has 146 valence electrons. The SMILES string of the molecule is CN=C(NCCCCn1ccccc1=O)NCCc1ccc(C)c(OC)c1. The van der Waals surface area contributed by atoms with Gasteiger partial charge >= 0.3 is 0 Å². The average molecular weight is 370 g/mol. The molecule has 0 unspecified atom stereocenters. The first-order valence-electron chi connectivity index (χ1n) is 9.37. The van der Waals surface area contributed by atoms with Gasteiger partial charge in [0.1, 0.15) is 5.75 Å². The van der Waals surface area contributed by atoms with Gasteiger partial charge in [-0.1, -0.05) is 18.2 Å². The maximum atomic E-state index is 11.6. The molecule has 2 N–H and O–H groups in total. The number of guanidine groups is 1. The van der Waals surface area contributed by atoms with Gasteiger partial charge in [-0.2, -0.15) is 0 Å². The minimum atomic E-state index is 0.0515. The van der Waals surface area contributed by atoms with Crippen LogP contribution < -0.4 is 20.9 Å². The standard InChI is InChI=1S/C21H30N4O2/c1-17-9-10-18(16-19(17)27-3)11-13-24-21(22-2)23-12-5-7-15-25-14-6-4-8-20(25)26/h4,6,8-10,14,16H,5,7,11-13,15H2,1-3H3,(H2,22,23,24). The Hall–Kier alpha value is -2.76. The zero-order chi connectivity index (χ0) is 19.5. The van der Waals surface area contributed by atoms with Gasteiger partial charge in [0.05, 0.1) is 7.11 Å². The molecule has 6 heteroatoms. The summed E-state index contributed by atoms with van der Waals surface area (Å²) < 4.78 is 7.11. The number of aryl methyl sites for hydroxylation is 2. The van der Waals surface area contributed by atoms with Crippen LogP contribution in [0.25, 0.3) is 0 Å². The predicted molar refractivity (Wildman–Crippen MR) is 111 cm³/mol. The molecule has 1 aromatic carbocycles. The van der Waals surface area contributed by atoms with Crippen molar-refractivity contribution in [1.82, 2.24) is 15.2 Å². The van der Waals surface area contributed by atoms with E-state index in [1.807, 2.05) is 19.2 Å². The molecule has 1 heterocycles. The van der Waals surface area contributed by atoms with Crippen LogP contribution in [0.2, 0.25) is 0 Å². The number of methoxy groups -OCH3 is 1. The number of nitrogens with zero attached hydrogens (tertiary/aromatic N) is 2. The predicted octanol–water partition coefficient (Wildman–Crippen LogP) is 2.35. The van der Waals surface area contributed by atoms with Crippen molar-refractivity contribution in [2.24, 2.45) is 4.99 Å². The van der Waals surface area contributed by atoms with Gasteiger partial charge in [-0.25, -0.2) is 0 Å². The Morgan fingerprint density at radius 2 is 1.96 bits per heavy atom. The fourth-order valence-corrected chi connectivity index (χ4v) is 2.83. The zero-order valence-corrected chi connectivity index (χ0v) is 16.5. The van der Waals surface area contributed by atoms with Crippen LogP contribution in [0, 0.1) is 6.92 Å². The molecule has 0 saturated carbocycles. The molecular formula is C21H30N4O2. The molecule has 0 radical (unpaired) electrons. The van der Waals surface area contributed by atoms with Crippen molar-refractivity contribution in [3.63, 3.8) is 0 Å². The van der Waals surface area contributed by atoms with Gasteiger partial charge in [0.15, 0.2) is 5.96 Å². The van der Waals surface area contributed by atoms with E-state index in [-0.39, 0.29) is 5.56 Å². The Morgan fingerprint density at radius 3 is 2.70 bits per heavy atom. The number of nitrogens with one attached hydrogen (secondary N) is 2. The van der Waals surface area contributed by atoms with Gasteiger partial charge < -0.3 is 19.9 Å². The molecule has 0 saturated heterocycles. The zero-order valence-electron chi connectivity index (χ0n) is 16.5. The van der Waals surface area contributed by atoms with E-state index in [0.29, 0.717) is 0 Å². The van der Waals surface area contributed by atoms with Crippen molar-refractivity contribution in [1.29, 1.82) is 0 Å². The van der Waals surface area contributed by atoms with Gasteiger partial charge in [0.2, 0.25) is 5.56 Å². The lowest BCUT2D eigenvalue weighted by atomic mass is 10.1. The monoisotopic (exact) mass is 370 g/mol. The lowest BCUT2D eigenvalue weighted by Gasteiger charge is -2.13. The molecule has 1 aromatic heterocycles. The quantitative estimate of drug-likeness (QED) is 0.404. The molecule has 0 aliphatic heterocycles. The maximum Gasteiger partial charge on any atom is 0.250 e. The number of aliphatic imine (C=N–C) groups is 1. The van der Waals surface area contributed by atoms with Crippen LogP contribution in [0.3, 0.4) is 0 Å². The lowest BCUT2D eigenvalue weighted by molar-refractivity contribution is 0.411. The fourth-order valence-electron chi connectivity index (χ4n) is 2.83. The smallest absolute Gasteiger partial charge is 0.250 e. The van der Waals surface area contributed by atoms with Crippen molar-refractivity contribution in [2.45, 2.75) is 32.7 Å². The van der Waals surface area contributed by atoms with E-state index in [0.717, 1.165) is 56.2 Å². The highest BCUT2D eigenvalue weighted by Crippen LogP contribution is 2.18. The number of ether oxygens (including phenoxy) is 1. The molecule has 0 aliphatic rings. The minimum Gasteiger partial charge on any atom is -0.496 e. The number of hydrogen-bond donors (Lipinski definition) is 2. The Kier molecular flexibility index (Phi) is 8.42. The molecule has 6 nitrogen and oxygen atoms in total. The third kappa shape index (κ3) is 6.81. The summed E-state index contributed by atoms with van der Waals surface area (Å²) in [5.41, 5.74) is 2.42. The van der Waals surface area contributed by atoms with Crippen molar-refractivity contribution < 1.29 is 4.74 Å². The van der Waals surface area contributed by atoms with E-state index in [9.17, 15) is 4.79 Å². The summed E-state index contributed by atoms with van der Waals surface area (Å²) >= 11 is 0. The molecular weight excluding hydrogens is 340 g/mol. The summed E-state index contributed by atoms with van der Waals surface area (Å²) in [7, 11) is 3.47. The third-order valence-electron chi connectivity index (χ3n) is 4.42. The molecule has 2 aromatic rings. The second kappa shape index (κ2) is 11.1. The topological polar surface area (TPSA) is 67.7 Å². The first kappa shape index (κ1) is 20.6. The van der Waals surface area contributed by atoms with Crippen LogP contribution in [0.4, 0.5) is 0 Å². The highest BCUT2D eigenvalue weighted by Gasteiger charge is 2.02. The van der Waals surface area contributed by atoms with E-state index >= 15 is 0 Å². The average Bonchev–Trinajstić information content (AvgIpc) is 2.68. The van der Waals surface area contributed by atoms with Crippen LogP contribution >= 0.6 is 0 Å². The van der Waals surface area contributed by atoms with E-state index in [1.165, 1.54) is 5.56 Å². The van der Waals surface area contributed by atoms with E-state index < -0.39 is 0 Å². The normalized spacial score (nSPS) is 11.3. The van der Waals surface area contributed by atoms with Gasteiger partial charge in [0, 0.05) is 38.9 Å². The van der Waals surface area contributed by atoms with Crippen molar-refractivity contribution in [2.75, 3.05) is 27.2 Å². The van der Waals surface area contributed by atoms with Gasteiger partial charge in [0.25, 0.3) is 0 Å². The molecule has 0 fully saturated rings. The van der Waals surface area contributed by atoms with E-state index in [4.69, 9.17) is 4.74 Å². The van der Waals surface area contributed by atoms with E-state index in [1.54, 1.807) is 30.9 Å². The molecule has 0 spiro atoms. The third-order valence-corrected chi connectivity index (χ3v) is 4.42. The Morgan fingerprint density at radius 1 is 1.15 bits per heavy atom. The lowest BCUT2D eigenvalue weighted by Crippen LogP contribution is -2.38. The Labute approximate surface area is 161 Å². The van der Waals surface area contributed by atoms with Crippen LogP contribution in [0.1, 0.15) is 24.0 Å². The first-order valence-corrected chi connectivity index (χ1v) is 9.37. The summed E-state index contributed by atoms with van der Waals surface area (Å²) in [5.74, 6) is 1.72. The summed E-state index contributed by atoms with van der Waals surface area (Å²) in [6.07, 6.45) is 4.64. The van der Waals surface area contributed by atoms with Crippen LogP contribution in [-0.4, -0.2) is 37.8 Å². The molecule has 27 heavy (non-hydrogen) atoms. The second-order valence-corrected chi connectivity index (χ2v) is 6.42. The maximum absolute atomic E-state index is 11.6. The largest absolute Gasteiger partial charge is 0.496 e. The highest BCUT2D eigenvalue weighted by molar-refractivity contribution is 5.79. The molecule has 0 amide bonds. The Balaban J connectivity index is 1.66. The van der Waals surface area contributed by atoms with Gasteiger partial charge in [-0.3, -0.25) is 9.79 Å². The van der Waals surface area contributed by atoms with Crippen LogP contribution in [0.5, 0.6) is 5.75 Å². The number of pyridine rings is 1. The Bertz CT molecular complexity index is 799. The van der Waals surface area contributed by atoms with Crippen molar-refractivity contribution in [3.05, 3.63) is 64.1 Å². The number of unbranched alkanes of at least 4 members (excludes halogenated alkanes) is 1. The molecule has 0 aliphatic carbocycles. The van der Waals surface area contributed by atoms with Crippen LogP contribution in [-0.2, 0) is 13.0 Å². The number of aromatic nitrogens is 1. The summed E-state index contributed by atoms with van der Waals surface area (Å²) in [6, 6.07) is 11.5. The summed E-state index contributed by atoms with van der Waals surface area (Å²) in [5, 5.41) is 6.65.